The van der Waals surface area contributed by atoms with Crippen molar-refractivity contribution in [2.75, 3.05) is 13.1 Å². The second-order valence-corrected chi connectivity index (χ2v) is 7.28. The van der Waals surface area contributed by atoms with Gasteiger partial charge in [0.25, 0.3) is 0 Å². The predicted octanol–water partition coefficient (Wildman–Crippen LogP) is 3.96. The molecule has 1 aliphatic carbocycles. The van der Waals surface area contributed by atoms with Gasteiger partial charge in [0.1, 0.15) is 0 Å². The molecule has 1 saturated heterocycles. The van der Waals surface area contributed by atoms with E-state index in [-0.39, 0.29) is 6.04 Å². The lowest BCUT2D eigenvalue weighted by Gasteiger charge is -2.45. The van der Waals surface area contributed by atoms with E-state index in [1.165, 1.54) is 61.8 Å². The van der Waals surface area contributed by atoms with Crippen molar-refractivity contribution < 1.29 is 0 Å². The number of hydrogen-bond donors (Lipinski definition) is 1. The molecule has 3 atom stereocenters. The van der Waals surface area contributed by atoms with Gasteiger partial charge in [0.2, 0.25) is 0 Å². The Kier molecular flexibility index (Phi) is 4.66. The summed E-state index contributed by atoms with van der Waals surface area (Å²) < 4.78 is 0. The number of nitrogens with two attached hydrogens (primary N) is 1. The zero-order valence-electron chi connectivity index (χ0n) is 13.6. The van der Waals surface area contributed by atoms with Crippen LogP contribution >= 0.6 is 0 Å². The van der Waals surface area contributed by atoms with Gasteiger partial charge in [0, 0.05) is 18.6 Å². The lowest BCUT2D eigenvalue weighted by molar-refractivity contribution is 0.0561. The Morgan fingerprint density at radius 3 is 2.48 bits per heavy atom. The summed E-state index contributed by atoms with van der Waals surface area (Å²) >= 11 is 0. The number of hydrogen-bond acceptors (Lipinski definition) is 2. The topological polar surface area (TPSA) is 29.3 Å². The van der Waals surface area contributed by atoms with Crippen LogP contribution in [0.3, 0.4) is 0 Å². The van der Waals surface area contributed by atoms with E-state index in [4.69, 9.17) is 5.73 Å². The Morgan fingerprint density at radius 1 is 1.05 bits per heavy atom. The van der Waals surface area contributed by atoms with Crippen molar-refractivity contribution in [3.8, 4) is 0 Å². The zero-order chi connectivity index (χ0) is 14.8. The number of piperidine rings is 1. The Labute approximate surface area is 129 Å². The summed E-state index contributed by atoms with van der Waals surface area (Å²) in [4.78, 5) is 2.70. The maximum atomic E-state index is 6.54. The summed E-state index contributed by atoms with van der Waals surface area (Å²) in [5, 5.41) is 0. The highest BCUT2D eigenvalue weighted by molar-refractivity contribution is 5.30. The Morgan fingerprint density at radius 2 is 1.71 bits per heavy atom. The van der Waals surface area contributed by atoms with Gasteiger partial charge >= 0.3 is 0 Å². The molecule has 3 unspecified atom stereocenters. The van der Waals surface area contributed by atoms with Gasteiger partial charge in [-0.25, -0.2) is 0 Å². The van der Waals surface area contributed by atoms with Crippen LogP contribution in [0, 0.1) is 19.8 Å². The summed E-state index contributed by atoms with van der Waals surface area (Å²) in [5.41, 5.74) is 10.5. The van der Waals surface area contributed by atoms with Crippen LogP contribution in [-0.2, 0) is 0 Å². The standard InChI is InChI=1S/C19H30N2/c1-14-10-15(2)12-17(11-14)18(20)13-21-9-5-7-16-6-3-4-8-19(16)21/h10-12,16,18-19H,3-9,13,20H2,1-2H3. The van der Waals surface area contributed by atoms with Crippen molar-refractivity contribution in [2.24, 2.45) is 11.7 Å². The average Bonchev–Trinajstić information content (AvgIpc) is 2.46. The first-order chi connectivity index (χ1) is 10.1. The quantitative estimate of drug-likeness (QED) is 0.911. The van der Waals surface area contributed by atoms with Crippen molar-refractivity contribution in [1.29, 1.82) is 0 Å². The van der Waals surface area contributed by atoms with Crippen LogP contribution in [0.25, 0.3) is 0 Å². The third-order valence-corrected chi connectivity index (χ3v) is 5.46. The molecule has 0 spiro atoms. The van der Waals surface area contributed by atoms with Gasteiger partial charge in [-0.05, 0) is 57.6 Å². The Bertz CT molecular complexity index is 460. The van der Waals surface area contributed by atoms with Crippen molar-refractivity contribution in [2.45, 2.75) is 64.5 Å². The molecule has 1 aromatic carbocycles. The fraction of sp³-hybridized carbons (Fsp3) is 0.684. The van der Waals surface area contributed by atoms with Gasteiger partial charge in [-0.3, -0.25) is 4.90 Å². The molecule has 2 N–H and O–H groups in total. The molecule has 2 heteroatoms. The molecule has 1 saturated carbocycles. The van der Waals surface area contributed by atoms with Gasteiger partial charge < -0.3 is 5.73 Å². The maximum absolute atomic E-state index is 6.54. The van der Waals surface area contributed by atoms with Crippen molar-refractivity contribution in [3.05, 3.63) is 34.9 Å². The lowest BCUT2D eigenvalue weighted by Crippen LogP contribution is -2.49. The molecule has 0 bridgehead atoms. The molecule has 21 heavy (non-hydrogen) atoms. The first-order valence-electron chi connectivity index (χ1n) is 8.71. The largest absolute Gasteiger partial charge is 0.323 e. The van der Waals surface area contributed by atoms with E-state index >= 15 is 0 Å². The van der Waals surface area contributed by atoms with Gasteiger partial charge in [0.15, 0.2) is 0 Å². The van der Waals surface area contributed by atoms with Crippen LogP contribution in [0.5, 0.6) is 0 Å². The predicted molar refractivity (Wildman–Crippen MR) is 89.4 cm³/mol. The smallest absolute Gasteiger partial charge is 0.0424 e. The van der Waals surface area contributed by atoms with Crippen molar-refractivity contribution in [3.63, 3.8) is 0 Å². The van der Waals surface area contributed by atoms with E-state index in [2.05, 4.69) is 36.9 Å². The van der Waals surface area contributed by atoms with Crippen LogP contribution < -0.4 is 5.73 Å². The molecule has 116 valence electrons. The fourth-order valence-corrected chi connectivity index (χ4v) is 4.54. The van der Waals surface area contributed by atoms with Crippen molar-refractivity contribution >= 4 is 0 Å². The highest BCUT2D eigenvalue weighted by atomic mass is 15.2. The summed E-state index contributed by atoms with van der Waals surface area (Å²) in [6.07, 6.45) is 8.50. The van der Waals surface area contributed by atoms with Crippen LogP contribution in [0.4, 0.5) is 0 Å². The molecule has 0 radical (unpaired) electrons. The second kappa shape index (κ2) is 6.50. The van der Waals surface area contributed by atoms with Crippen molar-refractivity contribution in [1.82, 2.24) is 4.90 Å². The Balaban J connectivity index is 1.69. The summed E-state index contributed by atoms with van der Waals surface area (Å²) in [6, 6.07) is 7.72. The maximum Gasteiger partial charge on any atom is 0.0424 e. The molecule has 2 fully saturated rings. The third kappa shape index (κ3) is 3.49. The molecule has 2 aliphatic rings. The summed E-state index contributed by atoms with van der Waals surface area (Å²) in [6.45, 7) is 6.62. The highest BCUT2D eigenvalue weighted by Crippen LogP contribution is 2.35. The van der Waals surface area contributed by atoms with Crippen LogP contribution in [-0.4, -0.2) is 24.0 Å². The number of benzene rings is 1. The fourth-order valence-electron chi connectivity index (χ4n) is 4.54. The minimum Gasteiger partial charge on any atom is -0.323 e. The van der Waals surface area contributed by atoms with Crippen LogP contribution in [0.2, 0.25) is 0 Å². The number of fused-ring (bicyclic) bond motifs is 1. The molecular weight excluding hydrogens is 256 g/mol. The zero-order valence-corrected chi connectivity index (χ0v) is 13.6. The van der Waals surface area contributed by atoms with E-state index in [0.717, 1.165) is 18.5 Å². The van der Waals surface area contributed by atoms with E-state index in [1.54, 1.807) is 0 Å². The number of nitrogens with zero attached hydrogens (tertiary/aromatic N) is 1. The monoisotopic (exact) mass is 286 g/mol. The van der Waals surface area contributed by atoms with Gasteiger partial charge in [-0.2, -0.15) is 0 Å². The molecule has 2 nitrogen and oxygen atoms in total. The van der Waals surface area contributed by atoms with Crippen LogP contribution in [0.1, 0.15) is 61.3 Å². The first kappa shape index (κ1) is 15.1. The summed E-state index contributed by atoms with van der Waals surface area (Å²) in [5.74, 6) is 0.943. The number of aryl methyl sites for hydroxylation is 2. The molecule has 0 aromatic heterocycles. The molecule has 0 amide bonds. The van der Waals surface area contributed by atoms with Gasteiger partial charge in [-0.15, -0.1) is 0 Å². The molecule has 1 heterocycles. The van der Waals surface area contributed by atoms with Gasteiger partial charge in [-0.1, -0.05) is 42.2 Å². The highest BCUT2D eigenvalue weighted by Gasteiger charge is 2.33. The SMILES string of the molecule is Cc1cc(C)cc(C(N)CN2CCCC3CCCCC32)c1. The van der Waals surface area contributed by atoms with E-state index in [9.17, 15) is 0 Å². The average molecular weight is 286 g/mol. The van der Waals surface area contributed by atoms with E-state index in [1.807, 2.05) is 0 Å². The number of rotatable bonds is 3. The number of likely N-dealkylation sites (tertiary alicyclic amines) is 1. The molecule has 1 aromatic rings. The molecule has 1 aliphatic heterocycles. The normalized spacial score (nSPS) is 28.1. The molecule has 3 rings (SSSR count). The van der Waals surface area contributed by atoms with E-state index < -0.39 is 0 Å². The Hall–Kier alpha value is -0.860. The molecular formula is C19H30N2. The summed E-state index contributed by atoms with van der Waals surface area (Å²) in [7, 11) is 0. The lowest BCUT2D eigenvalue weighted by atomic mass is 9.78. The minimum atomic E-state index is 0.157. The minimum absolute atomic E-state index is 0.157. The van der Waals surface area contributed by atoms with Crippen LogP contribution in [0.15, 0.2) is 18.2 Å². The van der Waals surface area contributed by atoms with Gasteiger partial charge in [0.05, 0.1) is 0 Å². The second-order valence-electron chi connectivity index (χ2n) is 7.28. The first-order valence-corrected chi connectivity index (χ1v) is 8.71. The third-order valence-electron chi connectivity index (χ3n) is 5.46. The van der Waals surface area contributed by atoms with E-state index in [0.29, 0.717) is 0 Å².